The SMILES string of the molecule is CN=C(NCCC(=O)N(C)Cc1ccccc1)N1CCC(COCc2ccccc2)C1.I. The number of rotatable bonds is 9. The predicted octanol–water partition coefficient (Wildman–Crippen LogP) is 3.77. The van der Waals surface area contributed by atoms with E-state index in [4.69, 9.17) is 4.74 Å². The molecule has 1 aliphatic rings. The van der Waals surface area contributed by atoms with Gasteiger partial charge in [-0.15, -0.1) is 24.0 Å². The molecule has 1 saturated heterocycles. The van der Waals surface area contributed by atoms with Crippen LogP contribution in [0.1, 0.15) is 24.0 Å². The third kappa shape index (κ3) is 8.43. The molecule has 0 bridgehead atoms. The lowest BCUT2D eigenvalue weighted by atomic mass is 10.1. The maximum absolute atomic E-state index is 12.4. The standard InChI is InChI=1S/C25H34N4O2.HI/c1-26-25(27-15-13-24(30)28(2)17-21-9-5-3-6-10-21)29-16-14-23(18-29)20-31-19-22-11-7-4-8-12-22;/h3-12,23H,13-20H2,1-2H3,(H,26,27);1H. The van der Waals surface area contributed by atoms with E-state index in [1.807, 2.05) is 55.6 Å². The number of aliphatic imine (C=N–C) groups is 1. The second-order valence-corrected chi connectivity index (χ2v) is 8.06. The third-order valence-corrected chi connectivity index (χ3v) is 5.57. The minimum atomic E-state index is 0. The highest BCUT2D eigenvalue weighted by Crippen LogP contribution is 2.17. The van der Waals surface area contributed by atoms with E-state index in [0.717, 1.165) is 37.6 Å². The van der Waals surface area contributed by atoms with Crippen LogP contribution in [0.2, 0.25) is 0 Å². The fourth-order valence-electron chi connectivity index (χ4n) is 3.83. The van der Waals surface area contributed by atoms with Crippen LogP contribution in [0.5, 0.6) is 0 Å². The molecule has 1 amide bonds. The van der Waals surface area contributed by atoms with Crippen molar-refractivity contribution in [1.82, 2.24) is 15.1 Å². The average Bonchev–Trinajstić information content (AvgIpc) is 3.26. The summed E-state index contributed by atoms with van der Waals surface area (Å²) in [5.41, 5.74) is 2.34. The van der Waals surface area contributed by atoms with Crippen LogP contribution in [0.25, 0.3) is 0 Å². The minimum Gasteiger partial charge on any atom is -0.376 e. The van der Waals surface area contributed by atoms with Crippen molar-refractivity contribution < 1.29 is 9.53 Å². The summed E-state index contributed by atoms with van der Waals surface area (Å²) in [6.07, 6.45) is 1.54. The fourth-order valence-corrected chi connectivity index (χ4v) is 3.83. The maximum Gasteiger partial charge on any atom is 0.224 e. The maximum atomic E-state index is 12.4. The average molecular weight is 550 g/mol. The molecule has 7 heteroatoms. The first-order chi connectivity index (χ1) is 15.2. The molecule has 174 valence electrons. The molecule has 1 fully saturated rings. The molecule has 1 unspecified atom stereocenters. The lowest BCUT2D eigenvalue weighted by molar-refractivity contribution is -0.130. The highest BCUT2D eigenvalue weighted by molar-refractivity contribution is 14.0. The van der Waals surface area contributed by atoms with Crippen molar-refractivity contribution in [3.8, 4) is 0 Å². The summed E-state index contributed by atoms with van der Waals surface area (Å²) in [7, 11) is 3.65. The quantitative estimate of drug-likeness (QED) is 0.294. The van der Waals surface area contributed by atoms with Gasteiger partial charge in [0.2, 0.25) is 5.91 Å². The van der Waals surface area contributed by atoms with Gasteiger partial charge in [-0.25, -0.2) is 0 Å². The molecule has 1 heterocycles. The number of nitrogens with zero attached hydrogens (tertiary/aromatic N) is 3. The van der Waals surface area contributed by atoms with Gasteiger partial charge in [-0.1, -0.05) is 60.7 Å². The molecule has 2 aromatic rings. The van der Waals surface area contributed by atoms with Gasteiger partial charge in [-0.05, 0) is 17.5 Å². The first-order valence-corrected chi connectivity index (χ1v) is 11.0. The number of carbonyl (C=O) groups is 1. The van der Waals surface area contributed by atoms with E-state index >= 15 is 0 Å². The molecular weight excluding hydrogens is 515 g/mol. The number of carbonyl (C=O) groups excluding carboxylic acids is 1. The molecule has 3 rings (SSSR count). The number of halogens is 1. The van der Waals surface area contributed by atoms with Gasteiger partial charge in [-0.2, -0.15) is 0 Å². The number of benzene rings is 2. The summed E-state index contributed by atoms with van der Waals surface area (Å²) in [6, 6.07) is 20.3. The van der Waals surface area contributed by atoms with Crippen molar-refractivity contribution in [2.24, 2.45) is 10.9 Å². The summed E-state index contributed by atoms with van der Waals surface area (Å²) in [6.45, 7) is 4.51. The summed E-state index contributed by atoms with van der Waals surface area (Å²) < 4.78 is 5.92. The van der Waals surface area contributed by atoms with Gasteiger partial charge >= 0.3 is 0 Å². The first kappa shape index (κ1) is 26.1. The Hall–Kier alpha value is -2.13. The van der Waals surface area contributed by atoms with Crippen molar-refractivity contribution in [1.29, 1.82) is 0 Å². The van der Waals surface area contributed by atoms with Gasteiger partial charge in [0.25, 0.3) is 0 Å². The number of nitrogens with one attached hydrogen (secondary N) is 1. The zero-order chi connectivity index (χ0) is 21.9. The lowest BCUT2D eigenvalue weighted by Gasteiger charge is -2.22. The highest BCUT2D eigenvalue weighted by Gasteiger charge is 2.25. The smallest absolute Gasteiger partial charge is 0.224 e. The largest absolute Gasteiger partial charge is 0.376 e. The number of hydrogen-bond acceptors (Lipinski definition) is 3. The Balaban J connectivity index is 0.00000363. The molecule has 6 nitrogen and oxygen atoms in total. The molecule has 0 aliphatic carbocycles. The van der Waals surface area contributed by atoms with Crippen LogP contribution >= 0.6 is 24.0 Å². The van der Waals surface area contributed by atoms with Crippen molar-refractivity contribution in [2.45, 2.75) is 26.0 Å². The number of ether oxygens (including phenoxy) is 1. The van der Waals surface area contributed by atoms with E-state index in [-0.39, 0.29) is 29.9 Å². The molecule has 1 aliphatic heterocycles. The summed E-state index contributed by atoms with van der Waals surface area (Å²) >= 11 is 0. The lowest BCUT2D eigenvalue weighted by Crippen LogP contribution is -2.41. The van der Waals surface area contributed by atoms with Gasteiger partial charge in [0, 0.05) is 52.6 Å². The van der Waals surface area contributed by atoms with Crippen LogP contribution in [-0.4, -0.2) is 62.0 Å². The van der Waals surface area contributed by atoms with E-state index in [0.29, 0.717) is 32.0 Å². The second-order valence-electron chi connectivity index (χ2n) is 8.06. The van der Waals surface area contributed by atoms with Gasteiger partial charge < -0.3 is 19.9 Å². The van der Waals surface area contributed by atoms with E-state index < -0.39 is 0 Å². The summed E-state index contributed by atoms with van der Waals surface area (Å²) in [5, 5.41) is 3.35. The zero-order valence-corrected chi connectivity index (χ0v) is 21.4. The summed E-state index contributed by atoms with van der Waals surface area (Å²) in [4.78, 5) is 20.9. The van der Waals surface area contributed by atoms with E-state index in [1.165, 1.54) is 5.56 Å². The van der Waals surface area contributed by atoms with Crippen LogP contribution in [0.15, 0.2) is 65.7 Å². The first-order valence-electron chi connectivity index (χ1n) is 11.0. The molecule has 2 aromatic carbocycles. The molecular formula is C25H35IN4O2. The Morgan fingerprint density at radius 3 is 2.44 bits per heavy atom. The van der Waals surface area contributed by atoms with Gasteiger partial charge in [0.05, 0.1) is 13.2 Å². The van der Waals surface area contributed by atoms with E-state index in [2.05, 4.69) is 27.3 Å². The molecule has 1 N–H and O–H groups in total. The zero-order valence-electron chi connectivity index (χ0n) is 19.1. The molecule has 32 heavy (non-hydrogen) atoms. The van der Waals surface area contributed by atoms with Crippen LogP contribution in [0.3, 0.4) is 0 Å². The predicted molar refractivity (Wildman–Crippen MR) is 140 cm³/mol. The van der Waals surface area contributed by atoms with Gasteiger partial charge in [0.1, 0.15) is 0 Å². The van der Waals surface area contributed by atoms with Crippen LogP contribution in [0, 0.1) is 5.92 Å². The Labute approximate surface area is 209 Å². The monoisotopic (exact) mass is 550 g/mol. The molecule has 0 spiro atoms. The Kier molecular flexibility index (Phi) is 11.5. The second kappa shape index (κ2) is 14.1. The van der Waals surface area contributed by atoms with Crippen LogP contribution in [-0.2, 0) is 22.7 Å². The van der Waals surface area contributed by atoms with Crippen molar-refractivity contribution in [2.75, 3.05) is 40.3 Å². The topological polar surface area (TPSA) is 57.2 Å². The molecule has 0 saturated carbocycles. The van der Waals surface area contributed by atoms with Gasteiger partial charge in [-0.3, -0.25) is 9.79 Å². The Morgan fingerprint density at radius 1 is 1.12 bits per heavy atom. The number of amides is 1. The van der Waals surface area contributed by atoms with Crippen molar-refractivity contribution >= 4 is 35.8 Å². The normalized spacial score (nSPS) is 15.9. The van der Waals surface area contributed by atoms with Crippen molar-refractivity contribution in [3.05, 3.63) is 71.8 Å². The fraction of sp³-hybridized carbons (Fsp3) is 0.440. The minimum absolute atomic E-state index is 0. The van der Waals surface area contributed by atoms with E-state index in [1.54, 1.807) is 11.9 Å². The van der Waals surface area contributed by atoms with E-state index in [9.17, 15) is 4.79 Å². The summed E-state index contributed by atoms with van der Waals surface area (Å²) in [5.74, 6) is 1.49. The third-order valence-electron chi connectivity index (χ3n) is 5.57. The van der Waals surface area contributed by atoms with Crippen molar-refractivity contribution in [3.63, 3.8) is 0 Å². The number of hydrogen-bond donors (Lipinski definition) is 1. The Bertz CT molecular complexity index is 832. The highest BCUT2D eigenvalue weighted by atomic mass is 127. The Morgan fingerprint density at radius 2 is 1.78 bits per heavy atom. The van der Waals surface area contributed by atoms with Crippen LogP contribution < -0.4 is 5.32 Å². The molecule has 1 atom stereocenters. The van der Waals surface area contributed by atoms with Gasteiger partial charge in [0.15, 0.2) is 5.96 Å². The number of likely N-dealkylation sites (tertiary alicyclic amines) is 1. The molecule has 0 aromatic heterocycles. The van der Waals surface area contributed by atoms with Crippen LogP contribution in [0.4, 0.5) is 0 Å². The number of guanidine groups is 1. The molecule has 0 radical (unpaired) electrons.